The standard InChI is InChI=1S/C5H5FN2O4/c6-2-1-7-4(10)8(3(2)9)5(11)12/h1,5,11-12H,(H,7,10). The third kappa shape index (κ3) is 1.27. The molecule has 1 heterocycles. The highest BCUT2D eigenvalue weighted by atomic mass is 19.1. The van der Waals surface area contributed by atoms with Crippen LogP contribution in [0.4, 0.5) is 4.39 Å². The van der Waals surface area contributed by atoms with Crippen molar-refractivity contribution in [2.45, 2.75) is 6.41 Å². The number of aliphatic hydroxyl groups is 2. The van der Waals surface area contributed by atoms with Gasteiger partial charge in [0.1, 0.15) is 0 Å². The van der Waals surface area contributed by atoms with E-state index < -0.39 is 23.5 Å². The predicted molar refractivity (Wildman–Crippen MR) is 34.8 cm³/mol. The van der Waals surface area contributed by atoms with Crippen molar-refractivity contribution in [3.05, 3.63) is 32.9 Å². The number of aromatic amines is 1. The number of halogens is 1. The molecule has 0 fully saturated rings. The Morgan fingerprint density at radius 1 is 1.50 bits per heavy atom. The quantitative estimate of drug-likeness (QED) is 0.436. The van der Waals surface area contributed by atoms with Gasteiger partial charge in [0, 0.05) is 6.20 Å². The zero-order valence-corrected chi connectivity index (χ0v) is 5.69. The first-order chi connectivity index (χ1) is 5.54. The lowest BCUT2D eigenvalue weighted by atomic mass is 10.6. The van der Waals surface area contributed by atoms with Gasteiger partial charge >= 0.3 is 5.69 Å². The molecule has 0 radical (unpaired) electrons. The summed E-state index contributed by atoms with van der Waals surface area (Å²) in [4.78, 5) is 23.1. The fourth-order valence-corrected chi connectivity index (χ4v) is 0.673. The van der Waals surface area contributed by atoms with Gasteiger partial charge in [0.2, 0.25) is 12.2 Å². The van der Waals surface area contributed by atoms with Crippen molar-refractivity contribution in [1.82, 2.24) is 9.55 Å². The third-order valence-electron chi connectivity index (χ3n) is 1.20. The van der Waals surface area contributed by atoms with Gasteiger partial charge in [-0.1, -0.05) is 0 Å². The maximum absolute atomic E-state index is 12.4. The third-order valence-corrected chi connectivity index (χ3v) is 1.20. The lowest BCUT2D eigenvalue weighted by Crippen LogP contribution is -2.39. The number of rotatable bonds is 1. The Balaban J connectivity index is 3.55. The van der Waals surface area contributed by atoms with Gasteiger partial charge in [0.25, 0.3) is 5.56 Å². The molecule has 0 atom stereocenters. The Hall–Kier alpha value is -1.47. The van der Waals surface area contributed by atoms with Crippen molar-refractivity contribution in [3.63, 3.8) is 0 Å². The van der Waals surface area contributed by atoms with Gasteiger partial charge in [-0.3, -0.25) is 4.79 Å². The number of hydrogen-bond donors (Lipinski definition) is 3. The highest BCUT2D eigenvalue weighted by Gasteiger charge is 2.11. The van der Waals surface area contributed by atoms with Crippen LogP contribution in [0.1, 0.15) is 6.41 Å². The summed E-state index contributed by atoms with van der Waals surface area (Å²) < 4.78 is 12.3. The molecule has 0 aliphatic carbocycles. The van der Waals surface area contributed by atoms with Crippen molar-refractivity contribution < 1.29 is 14.6 Å². The minimum atomic E-state index is -2.34. The van der Waals surface area contributed by atoms with Crippen molar-refractivity contribution in [3.8, 4) is 0 Å². The fraction of sp³-hybridized carbons (Fsp3) is 0.200. The van der Waals surface area contributed by atoms with E-state index in [0.29, 0.717) is 6.20 Å². The van der Waals surface area contributed by atoms with Crippen LogP contribution in [0.15, 0.2) is 15.8 Å². The van der Waals surface area contributed by atoms with Gasteiger partial charge < -0.3 is 15.2 Å². The molecule has 0 amide bonds. The summed E-state index contributed by atoms with van der Waals surface area (Å²) in [6.45, 7) is 0. The van der Waals surface area contributed by atoms with Crippen LogP contribution in [-0.2, 0) is 0 Å². The summed E-state index contributed by atoms with van der Waals surface area (Å²) in [7, 11) is 0. The normalized spacial score (nSPS) is 10.7. The van der Waals surface area contributed by atoms with Crippen molar-refractivity contribution in [2.24, 2.45) is 0 Å². The second kappa shape index (κ2) is 2.88. The number of nitrogens with one attached hydrogen (secondary N) is 1. The van der Waals surface area contributed by atoms with E-state index in [4.69, 9.17) is 10.2 Å². The predicted octanol–water partition coefficient (Wildman–Crippen LogP) is -1.88. The molecule has 1 rings (SSSR count). The summed E-state index contributed by atoms with van der Waals surface area (Å²) in [5, 5.41) is 16.9. The van der Waals surface area contributed by atoms with Crippen LogP contribution in [0.3, 0.4) is 0 Å². The largest absolute Gasteiger partial charge is 0.351 e. The van der Waals surface area contributed by atoms with Crippen LogP contribution >= 0.6 is 0 Å². The van der Waals surface area contributed by atoms with Crippen LogP contribution in [0.25, 0.3) is 0 Å². The summed E-state index contributed by atoms with van der Waals surface area (Å²) in [5.41, 5.74) is -2.47. The van der Waals surface area contributed by atoms with E-state index in [1.54, 1.807) is 4.98 Å². The summed E-state index contributed by atoms with van der Waals surface area (Å²) in [6.07, 6.45) is -1.79. The number of aliphatic hydroxyl groups excluding tert-OH is 1. The lowest BCUT2D eigenvalue weighted by molar-refractivity contribution is -0.108. The molecule has 6 nitrogen and oxygen atoms in total. The Morgan fingerprint density at radius 2 is 2.08 bits per heavy atom. The molecule has 0 aliphatic rings. The second-order valence-corrected chi connectivity index (χ2v) is 1.96. The van der Waals surface area contributed by atoms with Crippen LogP contribution < -0.4 is 11.2 Å². The van der Waals surface area contributed by atoms with Gasteiger partial charge in [-0.05, 0) is 0 Å². The molecular formula is C5H5FN2O4. The Morgan fingerprint density at radius 3 is 2.50 bits per heavy atom. The van der Waals surface area contributed by atoms with Crippen LogP contribution in [0.5, 0.6) is 0 Å². The van der Waals surface area contributed by atoms with Crippen molar-refractivity contribution in [2.75, 3.05) is 0 Å². The number of H-pyrrole nitrogens is 1. The van der Waals surface area contributed by atoms with E-state index in [9.17, 15) is 14.0 Å². The number of hydrogen-bond acceptors (Lipinski definition) is 4. The van der Waals surface area contributed by atoms with Gasteiger partial charge in [0.05, 0.1) is 0 Å². The van der Waals surface area contributed by atoms with Gasteiger partial charge in [-0.15, -0.1) is 0 Å². The number of nitrogens with zero attached hydrogens (tertiary/aromatic N) is 1. The Kier molecular flexibility index (Phi) is 2.07. The molecule has 0 saturated heterocycles. The molecule has 3 N–H and O–H groups in total. The fourth-order valence-electron chi connectivity index (χ4n) is 0.673. The summed E-state index contributed by atoms with van der Waals surface area (Å²) in [5.74, 6) is -1.26. The minimum Gasteiger partial charge on any atom is -0.351 e. The first-order valence-corrected chi connectivity index (χ1v) is 2.90. The number of aromatic nitrogens is 2. The summed E-state index contributed by atoms with van der Waals surface area (Å²) >= 11 is 0. The molecule has 1 aromatic heterocycles. The Labute approximate surface area is 64.5 Å². The molecule has 0 unspecified atom stereocenters. The molecular weight excluding hydrogens is 171 g/mol. The molecule has 0 aliphatic heterocycles. The van der Waals surface area contributed by atoms with E-state index >= 15 is 0 Å². The molecule has 7 heteroatoms. The van der Waals surface area contributed by atoms with E-state index in [2.05, 4.69) is 0 Å². The van der Waals surface area contributed by atoms with E-state index in [0.717, 1.165) is 0 Å². The first kappa shape index (κ1) is 8.62. The SMILES string of the molecule is O=c1[nH]cc(F)c(=O)n1C(O)O. The molecule has 66 valence electrons. The molecule has 0 aromatic carbocycles. The second-order valence-electron chi connectivity index (χ2n) is 1.96. The van der Waals surface area contributed by atoms with Crippen LogP contribution in [0.2, 0.25) is 0 Å². The van der Waals surface area contributed by atoms with Gasteiger partial charge in [-0.25, -0.2) is 9.36 Å². The highest BCUT2D eigenvalue weighted by molar-refractivity contribution is 4.87. The van der Waals surface area contributed by atoms with E-state index in [1.807, 2.05) is 0 Å². The zero-order chi connectivity index (χ0) is 9.30. The van der Waals surface area contributed by atoms with E-state index in [1.165, 1.54) is 0 Å². The zero-order valence-electron chi connectivity index (χ0n) is 5.69. The topological polar surface area (TPSA) is 95.3 Å². The van der Waals surface area contributed by atoms with Crippen molar-refractivity contribution >= 4 is 0 Å². The van der Waals surface area contributed by atoms with Crippen LogP contribution in [0, 0.1) is 5.82 Å². The first-order valence-electron chi connectivity index (χ1n) is 2.90. The highest BCUT2D eigenvalue weighted by Crippen LogP contribution is 1.86. The molecule has 12 heavy (non-hydrogen) atoms. The average molecular weight is 176 g/mol. The molecule has 0 saturated carbocycles. The van der Waals surface area contributed by atoms with Gasteiger partial charge in [0.15, 0.2) is 0 Å². The average Bonchev–Trinajstić information content (AvgIpc) is 1.97. The monoisotopic (exact) mass is 176 g/mol. The Bertz CT molecular complexity index is 393. The summed E-state index contributed by atoms with van der Waals surface area (Å²) in [6, 6.07) is 0. The minimum absolute atomic E-state index is 0.0602. The van der Waals surface area contributed by atoms with Crippen LogP contribution in [-0.4, -0.2) is 19.8 Å². The smallest absolute Gasteiger partial charge is 0.332 e. The molecule has 0 bridgehead atoms. The lowest BCUT2D eigenvalue weighted by Gasteiger charge is -2.04. The maximum atomic E-state index is 12.4. The van der Waals surface area contributed by atoms with E-state index in [-0.39, 0.29) is 4.57 Å². The van der Waals surface area contributed by atoms with Gasteiger partial charge in [-0.2, -0.15) is 4.39 Å². The molecule has 0 spiro atoms. The van der Waals surface area contributed by atoms with Crippen molar-refractivity contribution in [1.29, 1.82) is 0 Å². The maximum Gasteiger partial charge on any atom is 0.332 e. The molecule has 1 aromatic rings.